The van der Waals surface area contributed by atoms with Crippen LogP contribution in [0.15, 0.2) is 53.6 Å². The Labute approximate surface area is 170 Å². The van der Waals surface area contributed by atoms with Gasteiger partial charge in [-0.3, -0.25) is 10.2 Å². The van der Waals surface area contributed by atoms with Crippen molar-refractivity contribution in [2.24, 2.45) is 5.10 Å². The summed E-state index contributed by atoms with van der Waals surface area (Å²) in [5.41, 5.74) is 5.22. The molecule has 0 spiro atoms. The highest BCUT2D eigenvalue weighted by molar-refractivity contribution is 7.80. The van der Waals surface area contributed by atoms with E-state index in [0.717, 1.165) is 17.0 Å². The first kappa shape index (κ1) is 21.2. The minimum Gasteiger partial charge on any atom is -0.495 e. The monoisotopic (exact) mass is 400 g/mol. The van der Waals surface area contributed by atoms with Crippen molar-refractivity contribution in [3.8, 4) is 11.5 Å². The van der Waals surface area contributed by atoms with Crippen molar-refractivity contribution in [3.63, 3.8) is 0 Å². The van der Waals surface area contributed by atoms with Gasteiger partial charge in [0.25, 0.3) is 5.91 Å². The number of methoxy groups -OCH3 is 1. The molecule has 0 aliphatic rings. The van der Waals surface area contributed by atoms with Crippen LogP contribution in [0.4, 0.5) is 5.69 Å². The van der Waals surface area contributed by atoms with E-state index < -0.39 is 0 Å². The Morgan fingerprint density at radius 1 is 1.14 bits per heavy atom. The number of likely N-dealkylation sites (N-methyl/N-ethyl adjacent to an activating group) is 1. The van der Waals surface area contributed by atoms with Gasteiger partial charge in [-0.25, -0.2) is 0 Å². The molecule has 0 saturated heterocycles. The summed E-state index contributed by atoms with van der Waals surface area (Å²) in [7, 11) is 4.98. The number of rotatable bonds is 7. The zero-order valence-electron chi connectivity index (χ0n) is 16.4. The maximum atomic E-state index is 11.6. The average molecular weight is 401 g/mol. The van der Waals surface area contributed by atoms with Gasteiger partial charge in [-0.1, -0.05) is 12.1 Å². The fourth-order valence-electron chi connectivity index (χ4n) is 2.16. The van der Waals surface area contributed by atoms with Crippen LogP contribution >= 0.6 is 12.2 Å². The number of carbonyl (C=O) groups is 1. The Hall–Kier alpha value is -3.13. The Kier molecular flexibility index (Phi) is 7.76. The molecular formula is C20H24N4O3S. The molecule has 2 rings (SSSR count). The molecule has 2 aromatic rings. The number of nitrogens with one attached hydrogen (secondary N) is 2. The molecular weight excluding hydrogens is 376 g/mol. The van der Waals surface area contributed by atoms with Gasteiger partial charge in [-0.05, 0) is 61.1 Å². The average Bonchev–Trinajstić information content (AvgIpc) is 2.70. The third-order valence-electron chi connectivity index (χ3n) is 3.81. The molecule has 0 radical (unpaired) electrons. The highest BCUT2D eigenvalue weighted by Gasteiger charge is 2.06. The van der Waals surface area contributed by atoms with Crippen molar-refractivity contribution in [1.82, 2.24) is 10.3 Å². The lowest BCUT2D eigenvalue weighted by Crippen LogP contribution is -2.27. The van der Waals surface area contributed by atoms with Gasteiger partial charge in [0.2, 0.25) is 0 Å². The third-order valence-corrected chi connectivity index (χ3v) is 4.01. The van der Waals surface area contributed by atoms with Gasteiger partial charge in [-0.2, -0.15) is 5.10 Å². The van der Waals surface area contributed by atoms with Crippen LogP contribution in [0.2, 0.25) is 0 Å². The van der Waals surface area contributed by atoms with E-state index in [9.17, 15) is 4.79 Å². The number of carbonyl (C=O) groups excluding carboxylic acids is 1. The predicted molar refractivity (Wildman–Crippen MR) is 115 cm³/mol. The summed E-state index contributed by atoms with van der Waals surface area (Å²) >= 11 is 5.27. The van der Waals surface area contributed by atoms with Crippen LogP contribution in [0.1, 0.15) is 12.5 Å². The minimum absolute atomic E-state index is 0.00383. The second kappa shape index (κ2) is 10.3. The SMILES string of the molecule is COc1ccccc1NC(=S)N/N=C(/C)c1ccc(OCC(=O)N(C)C)cc1. The standard InChI is InChI=1S/C20H24N4O3S/c1-14(15-9-11-16(12-10-15)27-13-19(25)24(2)3)22-23-20(28)21-17-7-5-6-8-18(17)26-4/h5-12H,13H2,1-4H3,(H2,21,23,28)/b22-14-. The summed E-state index contributed by atoms with van der Waals surface area (Å²) in [5, 5.41) is 7.69. The zero-order chi connectivity index (χ0) is 20.5. The van der Waals surface area contributed by atoms with E-state index in [1.54, 1.807) is 33.3 Å². The van der Waals surface area contributed by atoms with Crippen molar-refractivity contribution < 1.29 is 14.3 Å². The maximum Gasteiger partial charge on any atom is 0.259 e. The Balaban J connectivity index is 1.92. The van der Waals surface area contributed by atoms with Crippen molar-refractivity contribution in [2.75, 3.05) is 33.1 Å². The first-order valence-electron chi connectivity index (χ1n) is 8.58. The number of anilines is 1. The molecule has 2 aromatic carbocycles. The molecule has 148 valence electrons. The lowest BCUT2D eigenvalue weighted by atomic mass is 10.1. The maximum absolute atomic E-state index is 11.6. The molecule has 2 N–H and O–H groups in total. The Morgan fingerprint density at radius 3 is 2.46 bits per heavy atom. The molecule has 0 fully saturated rings. The zero-order valence-corrected chi connectivity index (χ0v) is 17.2. The van der Waals surface area contributed by atoms with E-state index in [-0.39, 0.29) is 12.5 Å². The number of thiocarbonyl (C=S) groups is 1. The number of hydrogen-bond donors (Lipinski definition) is 2. The third kappa shape index (κ3) is 6.24. The van der Waals surface area contributed by atoms with Gasteiger partial charge in [0, 0.05) is 14.1 Å². The van der Waals surface area contributed by atoms with Crippen LogP contribution < -0.4 is 20.2 Å². The molecule has 0 aliphatic carbocycles. The number of benzene rings is 2. The van der Waals surface area contributed by atoms with E-state index in [1.165, 1.54) is 4.90 Å². The van der Waals surface area contributed by atoms with Crippen molar-refractivity contribution in [2.45, 2.75) is 6.92 Å². The molecule has 0 aromatic heterocycles. The summed E-state index contributed by atoms with van der Waals surface area (Å²) in [6, 6.07) is 14.8. The van der Waals surface area contributed by atoms with Crippen LogP contribution in [0.25, 0.3) is 0 Å². The lowest BCUT2D eigenvalue weighted by Gasteiger charge is -2.12. The van der Waals surface area contributed by atoms with E-state index >= 15 is 0 Å². The van der Waals surface area contributed by atoms with Crippen LogP contribution in [-0.4, -0.2) is 49.4 Å². The van der Waals surface area contributed by atoms with Crippen LogP contribution in [0.5, 0.6) is 11.5 Å². The number of nitrogens with zero attached hydrogens (tertiary/aromatic N) is 2. The highest BCUT2D eigenvalue weighted by atomic mass is 32.1. The molecule has 0 aliphatic heterocycles. The molecule has 0 bridgehead atoms. The summed E-state index contributed by atoms with van der Waals surface area (Å²) < 4.78 is 10.7. The smallest absolute Gasteiger partial charge is 0.259 e. The Bertz CT molecular complexity index is 851. The quantitative estimate of drug-likeness (QED) is 0.423. The van der Waals surface area contributed by atoms with Crippen molar-refractivity contribution in [1.29, 1.82) is 0 Å². The molecule has 1 amide bonds. The van der Waals surface area contributed by atoms with Crippen molar-refractivity contribution >= 4 is 34.6 Å². The predicted octanol–water partition coefficient (Wildman–Crippen LogP) is 2.87. The van der Waals surface area contributed by atoms with Crippen molar-refractivity contribution in [3.05, 3.63) is 54.1 Å². The van der Waals surface area contributed by atoms with Gasteiger partial charge >= 0.3 is 0 Å². The molecule has 28 heavy (non-hydrogen) atoms. The van der Waals surface area contributed by atoms with E-state index in [1.807, 2.05) is 43.3 Å². The van der Waals surface area contributed by atoms with Crippen LogP contribution in [0, 0.1) is 0 Å². The fourth-order valence-corrected chi connectivity index (χ4v) is 2.32. The van der Waals surface area contributed by atoms with Crippen LogP contribution in [0.3, 0.4) is 0 Å². The largest absolute Gasteiger partial charge is 0.495 e. The van der Waals surface area contributed by atoms with Gasteiger partial charge in [0.1, 0.15) is 11.5 Å². The first-order chi connectivity index (χ1) is 13.4. The molecule has 0 heterocycles. The van der Waals surface area contributed by atoms with E-state index in [2.05, 4.69) is 15.8 Å². The normalized spacial score (nSPS) is 10.8. The Morgan fingerprint density at radius 2 is 1.82 bits per heavy atom. The summed E-state index contributed by atoms with van der Waals surface area (Å²) in [4.78, 5) is 13.0. The number of para-hydroxylation sites is 2. The number of amides is 1. The summed E-state index contributed by atoms with van der Waals surface area (Å²) in [5.74, 6) is 1.21. The number of ether oxygens (including phenoxy) is 2. The topological polar surface area (TPSA) is 75.2 Å². The van der Waals surface area contributed by atoms with Gasteiger partial charge in [-0.15, -0.1) is 0 Å². The summed E-state index contributed by atoms with van der Waals surface area (Å²) in [6.45, 7) is 1.87. The van der Waals surface area contributed by atoms with E-state index in [4.69, 9.17) is 21.7 Å². The molecule has 0 atom stereocenters. The van der Waals surface area contributed by atoms with E-state index in [0.29, 0.717) is 16.6 Å². The molecule has 0 unspecified atom stereocenters. The highest BCUT2D eigenvalue weighted by Crippen LogP contribution is 2.22. The van der Waals surface area contributed by atoms with Crippen LogP contribution in [-0.2, 0) is 4.79 Å². The summed E-state index contributed by atoms with van der Waals surface area (Å²) in [6.07, 6.45) is 0. The molecule has 8 heteroatoms. The van der Waals surface area contributed by atoms with Gasteiger partial charge in [0.05, 0.1) is 18.5 Å². The van der Waals surface area contributed by atoms with Gasteiger partial charge in [0.15, 0.2) is 11.7 Å². The van der Waals surface area contributed by atoms with Gasteiger partial charge < -0.3 is 19.7 Å². The first-order valence-corrected chi connectivity index (χ1v) is 8.99. The lowest BCUT2D eigenvalue weighted by molar-refractivity contribution is -0.130. The minimum atomic E-state index is -0.0953. The number of hydrazone groups is 1. The molecule has 0 saturated carbocycles. The second-order valence-corrected chi connectivity index (χ2v) is 6.47. The fraction of sp³-hybridized carbons (Fsp3) is 0.250. The molecule has 7 nitrogen and oxygen atoms in total. The second-order valence-electron chi connectivity index (χ2n) is 6.06. The number of hydrogen-bond acceptors (Lipinski definition) is 5.